The Bertz CT molecular complexity index is 342. The van der Waals surface area contributed by atoms with E-state index in [2.05, 4.69) is 5.32 Å². The minimum absolute atomic E-state index is 0.123. The normalized spacial score (nSPS) is 9.88. The average Bonchev–Trinajstić information content (AvgIpc) is 2.33. The highest BCUT2D eigenvalue weighted by Crippen LogP contribution is 2.13. The highest BCUT2D eigenvalue weighted by atomic mass is 35.5. The molecule has 1 aromatic rings. The Kier molecular flexibility index (Phi) is 5.72. The molecule has 0 spiro atoms. The molecular weight excluding hydrogens is 226 g/mol. The summed E-state index contributed by atoms with van der Waals surface area (Å²) in [5.74, 6) is 1.01. The highest BCUT2D eigenvalue weighted by molar-refractivity contribution is 6.18. The van der Waals surface area contributed by atoms with Gasteiger partial charge >= 0.3 is 0 Å². The quantitative estimate of drug-likeness (QED) is 0.777. The summed E-state index contributed by atoms with van der Waals surface area (Å²) in [5.41, 5.74) is 0.596. The Morgan fingerprint density at radius 3 is 3.00 bits per heavy atom. The van der Waals surface area contributed by atoms with Gasteiger partial charge in [-0.05, 0) is 24.6 Å². The number of ether oxygens (including phenoxy) is 1. The fourth-order valence-corrected chi connectivity index (χ4v) is 1.30. The first-order chi connectivity index (χ1) is 7.77. The third kappa shape index (κ3) is 4.11. The van der Waals surface area contributed by atoms with Crippen molar-refractivity contribution in [2.45, 2.75) is 13.3 Å². The van der Waals surface area contributed by atoms with Crippen LogP contribution in [0.1, 0.15) is 23.7 Å². The SMILES string of the molecule is CCCOc1cccc(C(=O)NCCCl)c1. The molecule has 0 atom stereocenters. The maximum absolute atomic E-state index is 11.6. The van der Waals surface area contributed by atoms with E-state index in [1.165, 1.54) is 0 Å². The molecule has 1 aromatic carbocycles. The smallest absolute Gasteiger partial charge is 0.251 e. The van der Waals surface area contributed by atoms with Crippen LogP contribution in [0.4, 0.5) is 0 Å². The molecule has 0 heterocycles. The molecule has 1 amide bonds. The number of alkyl halides is 1. The second-order valence-electron chi connectivity index (χ2n) is 3.32. The van der Waals surface area contributed by atoms with Crippen molar-refractivity contribution in [2.24, 2.45) is 0 Å². The number of benzene rings is 1. The zero-order valence-corrected chi connectivity index (χ0v) is 10.1. The van der Waals surface area contributed by atoms with Crippen LogP contribution in [0.5, 0.6) is 5.75 Å². The molecule has 4 heteroatoms. The van der Waals surface area contributed by atoms with Crippen molar-refractivity contribution in [1.82, 2.24) is 5.32 Å². The lowest BCUT2D eigenvalue weighted by atomic mass is 10.2. The Hall–Kier alpha value is -1.22. The Morgan fingerprint density at radius 1 is 1.50 bits per heavy atom. The minimum atomic E-state index is -0.123. The van der Waals surface area contributed by atoms with Crippen LogP contribution in [0.2, 0.25) is 0 Å². The van der Waals surface area contributed by atoms with E-state index in [1.54, 1.807) is 18.2 Å². The molecule has 88 valence electrons. The maximum atomic E-state index is 11.6. The molecule has 0 bridgehead atoms. The molecule has 0 unspecified atom stereocenters. The van der Waals surface area contributed by atoms with Crippen LogP contribution < -0.4 is 10.1 Å². The standard InChI is InChI=1S/C12H16ClNO2/c1-2-8-16-11-5-3-4-10(9-11)12(15)14-7-6-13/h3-5,9H,2,6-8H2,1H3,(H,14,15). The molecular formula is C12H16ClNO2. The summed E-state index contributed by atoms with van der Waals surface area (Å²) in [6.07, 6.45) is 0.947. The van der Waals surface area contributed by atoms with Crippen molar-refractivity contribution >= 4 is 17.5 Å². The first-order valence-electron chi connectivity index (χ1n) is 5.35. The van der Waals surface area contributed by atoms with E-state index in [-0.39, 0.29) is 5.91 Å². The number of rotatable bonds is 6. The van der Waals surface area contributed by atoms with Crippen molar-refractivity contribution in [1.29, 1.82) is 0 Å². The van der Waals surface area contributed by atoms with E-state index in [0.29, 0.717) is 24.6 Å². The van der Waals surface area contributed by atoms with Gasteiger partial charge in [-0.15, -0.1) is 11.6 Å². The molecule has 0 aromatic heterocycles. The van der Waals surface area contributed by atoms with Crippen LogP contribution in [-0.4, -0.2) is 24.9 Å². The van der Waals surface area contributed by atoms with Crippen LogP contribution in [0, 0.1) is 0 Å². The van der Waals surface area contributed by atoms with Crippen molar-refractivity contribution in [2.75, 3.05) is 19.0 Å². The van der Waals surface area contributed by atoms with Gasteiger partial charge in [-0.2, -0.15) is 0 Å². The first kappa shape index (κ1) is 12.8. The average molecular weight is 242 g/mol. The molecule has 1 rings (SSSR count). The van der Waals surface area contributed by atoms with Gasteiger partial charge in [0.1, 0.15) is 5.75 Å². The number of nitrogens with one attached hydrogen (secondary N) is 1. The summed E-state index contributed by atoms with van der Waals surface area (Å²) < 4.78 is 5.44. The van der Waals surface area contributed by atoms with Crippen LogP contribution in [-0.2, 0) is 0 Å². The molecule has 0 radical (unpaired) electrons. The maximum Gasteiger partial charge on any atom is 0.251 e. The molecule has 0 aliphatic carbocycles. The van der Waals surface area contributed by atoms with E-state index in [0.717, 1.165) is 12.2 Å². The van der Waals surface area contributed by atoms with Crippen molar-refractivity contribution in [3.8, 4) is 5.75 Å². The van der Waals surface area contributed by atoms with Crippen molar-refractivity contribution in [3.63, 3.8) is 0 Å². The zero-order valence-electron chi connectivity index (χ0n) is 9.33. The second kappa shape index (κ2) is 7.12. The molecule has 0 saturated carbocycles. The Balaban J connectivity index is 2.62. The molecule has 0 aliphatic heterocycles. The predicted molar refractivity (Wildman–Crippen MR) is 65.3 cm³/mol. The van der Waals surface area contributed by atoms with E-state index in [4.69, 9.17) is 16.3 Å². The van der Waals surface area contributed by atoms with Crippen LogP contribution >= 0.6 is 11.6 Å². The van der Waals surface area contributed by atoms with Crippen molar-refractivity contribution in [3.05, 3.63) is 29.8 Å². The van der Waals surface area contributed by atoms with E-state index >= 15 is 0 Å². The fourth-order valence-electron chi connectivity index (χ4n) is 1.21. The van der Waals surface area contributed by atoms with E-state index in [9.17, 15) is 4.79 Å². The number of hydrogen-bond donors (Lipinski definition) is 1. The van der Waals surface area contributed by atoms with Gasteiger partial charge in [0.25, 0.3) is 5.91 Å². The molecule has 3 nitrogen and oxygen atoms in total. The lowest BCUT2D eigenvalue weighted by Crippen LogP contribution is -2.25. The number of halogens is 1. The summed E-state index contributed by atoms with van der Waals surface area (Å²) in [4.78, 5) is 11.6. The van der Waals surface area contributed by atoms with Gasteiger partial charge in [0.15, 0.2) is 0 Å². The van der Waals surface area contributed by atoms with Gasteiger partial charge in [0, 0.05) is 18.0 Å². The van der Waals surface area contributed by atoms with Gasteiger partial charge in [-0.3, -0.25) is 4.79 Å². The van der Waals surface area contributed by atoms with E-state index < -0.39 is 0 Å². The Morgan fingerprint density at radius 2 is 2.31 bits per heavy atom. The zero-order chi connectivity index (χ0) is 11.8. The summed E-state index contributed by atoms with van der Waals surface area (Å²) in [5, 5.41) is 2.71. The third-order valence-electron chi connectivity index (χ3n) is 1.95. The molecule has 0 fully saturated rings. The summed E-state index contributed by atoms with van der Waals surface area (Å²) in [7, 11) is 0. The summed E-state index contributed by atoms with van der Waals surface area (Å²) >= 11 is 5.49. The van der Waals surface area contributed by atoms with Crippen LogP contribution in [0.15, 0.2) is 24.3 Å². The predicted octanol–water partition coefficient (Wildman–Crippen LogP) is 2.44. The number of amides is 1. The second-order valence-corrected chi connectivity index (χ2v) is 3.70. The lowest BCUT2D eigenvalue weighted by molar-refractivity contribution is 0.0955. The molecule has 1 N–H and O–H groups in total. The highest BCUT2D eigenvalue weighted by Gasteiger charge is 2.05. The van der Waals surface area contributed by atoms with Gasteiger partial charge in [0.05, 0.1) is 6.61 Å². The van der Waals surface area contributed by atoms with E-state index in [1.807, 2.05) is 13.0 Å². The number of carbonyl (C=O) groups excluding carboxylic acids is 1. The third-order valence-corrected chi connectivity index (χ3v) is 2.14. The molecule has 0 saturated heterocycles. The Labute approximate surface area is 101 Å². The van der Waals surface area contributed by atoms with Gasteiger partial charge in [-0.25, -0.2) is 0 Å². The van der Waals surface area contributed by atoms with Gasteiger partial charge in [-0.1, -0.05) is 13.0 Å². The molecule has 16 heavy (non-hydrogen) atoms. The summed E-state index contributed by atoms with van der Waals surface area (Å²) in [6, 6.07) is 7.14. The van der Waals surface area contributed by atoms with Crippen LogP contribution in [0.3, 0.4) is 0 Å². The number of hydrogen-bond acceptors (Lipinski definition) is 2. The van der Waals surface area contributed by atoms with Gasteiger partial charge in [0.2, 0.25) is 0 Å². The molecule has 0 aliphatic rings. The largest absolute Gasteiger partial charge is 0.494 e. The monoisotopic (exact) mass is 241 g/mol. The van der Waals surface area contributed by atoms with Crippen LogP contribution in [0.25, 0.3) is 0 Å². The lowest BCUT2D eigenvalue weighted by Gasteiger charge is -2.07. The minimum Gasteiger partial charge on any atom is -0.494 e. The first-order valence-corrected chi connectivity index (χ1v) is 5.88. The fraction of sp³-hybridized carbons (Fsp3) is 0.417. The van der Waals surface area contributed by atoms with Gasteiger partial charge < -0.3 is 10.1 Å². The number of carbonyl (C=O) groups is 1. The summed E-state index contributed by atoms with van der Waals surface area (Å²) in [6.45, 7) is 3.17. The van der Waals surface area contributed by atoms with Crippen molar-refractivity contribution < 1.29 is 9.53 Å². The topological polar surface area (TPSA) is 38.3 Å².